The normalized spacial score (nSPS) is 13.4. The molecular weight excluding hydrogens is 452 g/mol. The molecule has 1 N–H and O–H groups in total. The molecule has 1 amide bonds. The van der Waals surface area contributed by atoms with E-state index in [0.717, 1.165) is 6.07 Å². The second-order valence-corrected chi connectivity index (χ2v) is 8.82. The van der Waals surface area contributed by atoms with Gasteiger partial charge < -0.3 is 10.1 Å². The van der Waals surface area contributed by atoms with Crippen LogP contribution in [0.4, 0.5) is 11.4 Å². The van der Waals surface area contributed by atoms with Crippen molar-refractivity contribution >= 4 is 38.9 Å². The molecule has 0 saturated carbocycles. The summed E-state index contributed by atoms with van der Waals surface area (Å²) in [5, 5.41) is 13.3. The Hall–Kier alpha value is -4.38. The Labute approximate surface area is 186 Å². The Balaban J connectivity index is 1.52. The van der Waals surface area contributed by atoms with Crippen LogP contribution >= 0.6 is 0 Å². The van der Waals surface area contributed by atoms with Crippen LogP contribution in [0.3, 0.4) is 0 Å². The van der Waals surface area contributed by atoms with E-state index in [0.29, 0.717) is 0 Å². The van der Waals surface area contributed by atoms with Crippen molar-refractivity contribution in [2.24, 2.45) is 0 Å². The Morgan fingerprint density at radius 1 is 0.939 bits per heavy atom. The highest BCUT2D eigenvalue weighted by atomic mass is 32.2. The molecule has 0 aromatic heterocycles. The summed E-state index contributed by atoms with van der Waals surface area (Å²) in [5.74, 6) is -2.32. The second-order valence-electron chi connectivity index (χ2n) is 6.94. The van der Waals surface area contributed by atoms with Gasteiger partial charge in [-0.25, -0.2) is 13.2 Å². The highest BCUT2D eigenvalue weighted by Crippen LogP contribution is 2.34. The zero-order valence-corrected chi connectivity index (χ0v) is 17.5. The lowest BCUT2D eigenvalue weighted by Gasteiger charge is -2.19. The molecule has 1 aliphatic rings. The van der Waals surface area contributed by atoms with Gasteiger partial charge in [0.1, 0.15) is 5.69 Å². The molecule has 0 fully saturated rings. The third-order valence-corrected chi connectivity index (χ3v) is 6.73. The number of esters is 1. The molecule has 11 heteroatoms. The maximum Gasteiger partial charge on any atom is 0.338 e. The van der Waals surface area contributed by atoms with Gasteiger partial charge in [0.2, 0.25) is 9.84 Å². The molecule has 0 spiro atoms. The standard InChI is InChI=1S/C22H14N2O8S/c25-20(23-16-6-2-3-7-17(16)24(28)29)12-32-22(27)13-9-10-15-19(11-13)33(30,31)18-8-4-1-5-14(18)21(15)26/h1-11H,12H2,(H,23,25). The van der Waals surface area contributed by atoms with Crippen molar-refractivity contribution < 1.29 is 32.5 Å². The van der Waals surface area contributed by atoms with Crippen LogP contribution in [-0.4, -0.2) is 37.6 Å². The van der Waals surface area contributed by atoms with Gasteiger partial charge in [0.15, 0.2) is 12.4 Å². The second kappa shape index (κ2) is 8.28. The first-order valence-electron chi connectivity index (χ1n) is 9.43. The minimum atomic E-state index is -4.05. The number of ketones is 1. The number of benzene rings is 3. The molecule has 0 unspecified atom stereocenters. The van der Waals surface area contributed by atoms with E-state index in [1.54, 1.807) is 6.07 Å². The van der Waals surface area contributed by atoms with Gasteiger partial charge in [0, 0.05) is 17.2 Å². The van der Waals surface area contributed by atoms with Gasteiger partial charge >= 0.3 is 5.97 Å². The number of hydrogen-bond acceptors (Lipinski definition) is 8. The topological polar surface area (TPSA) is 150 Å². The van der Waals surface area contributed by atoms with E-state index in [1.165, 1.54) is 54.6 Å². The molecule has 3 aromatic rings. The fraction of sp³-hybridized carbons (Fsp3) is 0.0455. The van der Waals surface area contributed by atoms with Gasteiger partial charge in [-0.15, -0.1) is 0 Å². The summed E-state index contributed by atoms with van der Waals surface area (Å²) in [5.41, 5.74) is -0.600. The molecule has 0 atom stereocenters. The third-order valence-electron chi connectivity index (χ3n) is 4.88. The number of carbonyl (C=O) groups is 3. The van der Waals surface area contributed by atoms with Crippen LogP contribution in [-0.2, 0) is 19.4 Å². The number of carbonyl (C=O) groups excluding carboxylic acids is 3. The predicted molar refractivity (Wildman–Crippen MR) is 114 cm³/mol. The fourth-order valence-corrected chi connectivity index (χ4v) is 5.03. The molecule has 10 nitrogen and oxygen atoms in total. The largest absolute Gasteiger partial charge is 0.452 e. The fourth-order valence-electron chi connectivity index (χ4n) is 3.35. The summed E-state index contributed by atoms with van der Waals surface area (Å²) in [4.78, 5) is 47.0. The number of ether oxygens (including phenoxy) is 1. The number of para-hydroxylation sites is 2. The summed E-state index contributed by atoms with van der Waals surface area (Å²) in [6, 6.07) is 14.7. The van der Waals surface area contributed by atoms with E-state index in [-0.39, 0.29) is 37.9 Å². The summed E-state index contributed by atoms with van der Waals surface area (Å²) >= 11 is 0. The molecule has 1 heterocycles. The van der Waals surface area contributed by atoms with E-state index in [1.807, 2.05) is 0 Å². The van der Waals surface area contributed by atoms with Crippen LogP contribution < -0.4 is 5.32 Å². The first-order valence-corrected chi connectivity index (χ1v) is 10.9. The highest BCUT2D eigenvalue weighted by Gasteiger charge is 2.35. The number of nitrogens with one attached hydrogen (secondary N) is 1. The molecule has 3 aromatic carbocycles. The molecule has 1 aliphatic heterocycles. The minimum Gasteiger partial charge on any atom is -0.452 e. The predicted octanol–water partition coefficient (Wildman–Crippen LogP) is 2.77. The number of nitrogens with zero attached hydrogens (tertiary/aromatic N) is 1. The van der Waals surface area contributed by atoms with Crippen molar-refractivity contribution in [3.05, 3.63) is 93.5 Å². The van der Waals surface area contributed by atoms with E-state index in [4.69, 9.17) is 4.74 Å². The lowest BCUT2D eigenvalue weighted by Crippen LogP contribution is -2.23. The van der Waals surface area contributed by atoms with Crippen molar-refractivity contribution in [3.8, 4) is 0 Å². The van der Waals surface area contributed by atoms with Crippen LogP contribution in [0.25, 0.3) is 0 Å². The summed E-state index contributed by atoms with van der Waals surface area (Å²) in [6.07, 6.45) is 0. The molecular formula is C22H14N2O8S. The van der Waals surface area contributed by atoms with Crippen molar-refractivity contribution in [2.45, 2.75) is 9.79 Å². The minimum absolute atomic E-state index is 0.0482. The maximum atomic E-state index is 12.9. The van der Waals surface area contributed by atoms with Crippen molar-refractivity contribution in [3.63, 3.8) is 0 Å². The molecule has 0 aliphatic carbocycles. The summed E-state index contributed by atoms with van der Waals surface area (Å²) < 4.78 is 30.8. The first kappa shape index (κ1) is 21.8. The number of sulfone groups is 1. The Bertz CT molecular complexity index is 1450. The van der Waals surface area contributed by atoms with Crippen LogP contribution in [0.2, 0.25) is 0 Å². The smallest absolute Gasteiger partial charge is 0.338 e. The molecule has 0 radical (unpaired) electrons. The Morgan fingerprint density at radius 2 is 1.61 bits per heavy atom. The number of fused-ring (bicyclic) bond motifs is 2. The maximum absolute atomic E-state index is 12.9. The van der Waals surface area contributed by atoms with Crippen LogP contribution in [0.1, 0.15) is 26.3 Å². The van der Waals surface area contributed by atoms with E-state index < -0.39 is 39.0 Å². The third kappa shape index (κ3) is 3.96. The number of nitro groups is 1. The zero-order chi connectivity index (χ0) is 23.8. The van der Waals surface area contributed by atoms with E-state index in [9.17, 15) is 32.9 Å². The Morgan fingerprint density at radius 3 is 2.36 bits per heavy atom. The quantitative estimate of drug-likeness (QED) is 0.268. The van der Waals surface area contributed by atoms with Crippen molar-refractivity contribution in [1.82, 2.24) is 0 Å². The monoisotopic (exact) mass is 466 g/mol. The van der Waals surface area contributed by atoms with Crippen LogP contribution in [0.5, 0.6) is 0 Å². The number of hydrogen-bond donors (Lipinski definition) is 1. The zero-order valence-electron chi connectivity index (χ0n) is 16.7. The van der Waals surface area contributed by atoms with Crippen molar-refractivity contribution in [1.29, 1.82) is 0 Å². The average Bonchev–Trinajstić information content (AvgIpc) is 2.81. The first-order chi connectivity index (χ1) is 15.7. The molecule has 33 heavy (non-hydrogen) atoms. The highest BCUT2D eigenvalue weighted by molar-refractivity contribution is 7.91. The van der Waals surface area contributed by atoms with E-state index in [2.05, 4.69) is 5.32 Å². The van der Waals surface area contributed by atoms with Gasteiger partial charge in [-0.3, -0.25) is 19.7 Å². The summed E-state index contributed by atoms with van der Waals surface area (Å²) in [6.45, 7) is -0.767. The molecule has 4 rings (SSSR count). The van der Waals surface area contributed by atoms with Gasteiger partial charge in [-0.05, 0) is 36.4 Å². The molecule has 0 bridgehead atoms. The lowest BCUT2D eigenvalue weighted by molar-refractivity contribution is -0.383. The van der Waals surface area contributed by atoms with Gasteiger partial charge in [0.25, 0.3) is 11.6 Å². The van der Waals surface area contributed by atoms with Gasteiger partial charge in [-0.1, -0.05) is 24.3 Å². The average molecular weight is 466 g/mol. The van der Waals surface area contributed by atoms with E-state index >= 15 is 0 Å². The number of rotatable bonds is 5. The van der Waals surface area contributed by atoms with Gasteiger partial charge in [0.05, 0.1) is 20.3 Å². The number of amides is 1. The Kier molecular flexibility index (Phi) is 5.48. The van der Waals surface area contributed by atoms with Crippen LogP contribution in [0, 0.1) is 10.1 Å². The molecule has 0 saturated heterocycles. The number of anilines is 1. The van der Waals surface area contributed by atoms with Crippen molar-refractivity contribution in [2.75, 3.05) is 11.9 Å². The molecule has 166 valence electrons. The summed E-state index contributed by atoms with van der Waals surface area (Å²) in [7, 11) is -4.05. The SMILES string of the molecule is O=C(COC(=O)c1ccc2c(c1)S(=O)(=O)c1ccccc1C2=O)Nc1ccccc1[N+](=O)[O-]. The van der Waals surface area contributed by atoms with Crippen LogP contribution in [0.15, 0.2) is 76.5 Å². The lowest BCUT2D eigenvalue weighted by atomic mass is 10.0. The number of nitro benzene ring substituents is 1. The van der Waals surface area contributed by atoms with Gasteiger partial charge in [-0.2, -0.15) is 0 Å².